The molecule has 0 radical (unpaired) electrons. The number of aromatic nitrogens is 2. The lowest BCUT2D eigenvalue weighted by atomic mass is 10.2. The van der Waals surface area contributed by atoms with Gasteiger partial charge in [-0.05, 0) is 43.9 Å². The van der Waals surface area contributed by atoms with Crippen molar-refractivity contribution in [2.24, 2.45) is 0 Å². The highest BCUT2D eigenvalue weighted by atomic mass is 32.2. The van der Waals surface area contributed by atoms with Crippen molar-refractivity contribution in [2.45, 2.75) is 44.4 Å². The lowest BCUT2D eigenvalue weighted by molar-refractivity contribution is 0.129. The van der Waals surface area contributed by atoms with Gasteiger partial charge < -0.3 is 9.47 Å². The first-order valence-electron chi connectivity index (χ1n) is 9.56. The van der Waals surface area contributed by atoms with Crippen LogP contribution in [0.15, 0.2) is 34.2 Å². The Morgan fingerprint density at radius 1 is 1.43 bits per heavy atom. The molecule has 0 N–H and O–H groups in total. The van der Waals surface area contributed by atoms with E-state index in [-0.39, 0.29) is 11.7 Å². The van der Waals surface area contributed by atoms with Crippen LogP contribution in [0.3, 0.4) is 0 Å². The average Bonchev–Trinajstić information content (AvgIpc) is 3.34. The summed E-state index contributed by atoms with van der Waals surface area (Å²) in [6.07, 6.45) is 3.30. The number of aryl methyl sites for hydroxylation is 2. The van der Waals surface area contributed by atoms with Crippen molar-refractivity contribution in [1.82, 2.24) is 9.55 Å². The van der Waals surface area contributed by atoms with Gasteiger partial charge in [0.05, 0.1) is 24.3 Å². The third-order valence-corrected chi connectivity index (χ3v) is 7.49. The highest BCUT2D eigenvalue weighted by Crippen LogP contribution is 2.32. The minimum Gasteiger partial charge on any atom is -0.497 e. The number of ether oxygens (including phenoxy) is 2. The number of rotatable bonds is 6. The van der Waals surface area contributed by atoms with Gasteiger partial charge >= 0.3 is 0 Å². The molecule has 4 rings (SSSR count). The summed E-state index contributed by atoms with van der Waals surface area (Å²) < 4.78 is 12.9. The molecule has 1 atom stereocenters. The van der Waals surface area contributed by atoms with E-state index in [4.69, 9.17) is 14.5 Å². The molecule has 3 aromatic rings. The van der Waals surface area contributed by atoms with Crippen molar-refractivity contribution in [3.05, 3.63) is 45.1 Å². The van der Waals surface area contributed by atoms with Gasteiger partial charge in [-0.1, -0.05) is 24.8 Å². The summed E-state index contributed by atoms with van der Waals surface area (Å²) in [7, 11) is 1.63. The Balaban J connectivity index is 1.87. The molecule has 28 heavy (non-hydrogen) atoms. The van der Waals surface area contributed by atoms with E-state index in [1.807, 2.05) is 31.2 Å². The zero-order valence-electron chi connectivity index (χ0n) is 16.4. The van der Waals surface area contributed by atoms with Gasteiger partial charge in [-0.25, -0.2) is 4.98 Å². The molecule has 7 heteroatoms. The summed E-state index contributed by atoms with van der Waals surface area (Å²) in [6, 6.07) is 7.59. The van der Waals surface area contributed by atoms with Crippen LogP contribution >= 0.6 is 23.1 Å². The van der Waals surface area contributed by atoms with Crippen molar-refractivity contribution in [1.29, 1.82) is 0 Å². The standard InChI is InChI=1S/C21H24N2O3S2/c1-4-17-13(2)18-19(28-17)22-21(27-12-16-9-6-10-26-16)23(20(18)24)14-7-5-8-15(11-14)25-3/h5,7-8,11,16H,4,6,9-10,12H2,1-3H3/t16-/m1/s1. The van der Waals surface area contributed by atoms with Crippen LogP contribution < -0.4 is 10.3 Å². The first-order chi connectivity index (χ1) is 13.6. The molecule has 1 aromatic carbocycles. The molecule has 0 amide bonds. The van der Waals surface area contributed by atoms with Gasteiger partial charge in [-0.3, -0.25) is 9.36 Å². The SMILES string of the molecule is CCc1sc2nc(SC[C@H]3CCCO3)n(-c3cccc(OC)c3)c(=O)c2c1C. The van der Waals surface area contributed by atoms with Crippen molar-refractivity contribution in [3.8, 4) is 11.4 Å². The number of hydrogen-bond donors (Lipinski definition) is 0. The summed E-state index contributed by atoms with van der Waals surface area (Å²) in [4.78, 5) is 20.5. The monoisotopic (exact) mass is 416 g/mol. The van der Waals surface area contributed by atoms with Crippen LogP contribution in [-0.2, 0) is 11.2 Å². The highest BCUT2D eigenvalue weighted by Gasteiger charge is 2.21. The Morgan fingerprint density at radius 2 is 2.29 bits per heavy atom. The Labute approximate surface area is 172 Å². The molecule has 0 aliphatic carbocycles. The molecule has 0 unspecified atom stereocenters. The van der Waals surface area contributed by atoms with Crippen molar-refractivity contribution >= 4 is 33.3 Å². The number of benzene rings is 1. The van der Waals surface area contributed by atoms with Gasteiger partial charge in [-0.2, -0.15) is 0 Å². The molecular formula is C21H24N2O3S2. The number of hydrogen-bond acceptors (Lipinski definition) is 6. The van der Waals surface area contributed by atoms with Crippen LogP contribution in [0.2, 0.25) is 0 Å². The second-order valence-corrected chi connectivity index (χ2v) is 8.94. The van der Waals surface area contributed by atoms with Gasteiger partial charge in [0.15, 0.2) is 5.16 Å². The fourth-order valence-electron chi connectivity index (χ4n) is 3.56. The third kappa shape index (κ3) is 3.58. The normalized spacial score (nSPS) is 16.8. The lowest BCUT2D eigenvalue weighted by Gasteiger charge is -2.14. The molecule has 5 nitrogen and oxygen atoms in total. The molecule has 1 fully saturated rings. The number of methoxy groups -OCH3 is 1. The van der Waals surface area contributed by atoms with Crippen LogP contribution in [-0.4, -0.2) is 35.1 Å². The number of thioether (sulfide) groups is 1. The Kier molecular flexibility index (Phi) is 5.75. The lowest BCUT2D eigenvalue weighted by Crippen LogP contribution is -2.22. The topological polar surface area (TPSA) is 53.4 Å². The van der Waals surface area contributed by atoms with E-state index < -0.39 is 0 Å². The Bertz CT molecular complexity index is 1050. The van der Waals surface area contributed by atoms with E-state index in [1.54, 1.807) is 34.8 Å². The van der Waals surface area contributed by atoms with Crippen molar-refractivity contribution in [2.75, 3.05) is 19.5 Å². The van der Waals surface area contributed by atoms with Gasteiger partial charge in [0, 0.05) is 23.3 Å². The first-order valence-corrected chi connectivity index (χ1v) is 11.4. The zero-order chi connectivity index (χ0) is 19.7. The minimum atomic E-state index is -0.0125. The maximum absolute atomic E-state index is 13.5. The van der Waals surface area contributed by atoms with Crippen LogP contribution in [0.25, 0.3) is 15.9 Å². The maximum Gasteiger partial charge on any atom is 0.267 e. The predicted molar refractivity (Wildman–Crippen MR) is 116 cm³/mol. The van der Waals surface area contributed by atoms with Crippen molar-refractivity contribution in [3.63, 3.8) is 0 Å². The van der Waals surface area contributed by atoms with Crippen LogP contribution in [0, 0.1) is 6.92 Å². The fourth-order valence-corrected chi connectivity index (χ4v) is 5.80. The third-order valence-electron chi connectivity index (χ3n) is 5.09. The van der Waals surface area contributed by atoms with Crippen molar-refractivity contribution < 1.29 is 9.47 Å². The summed E-state index contributed by atoms with van der Waals surface area (Å²) in [5.74, 6) is 1.52. The molecule has 3 heterocycles. The largest absolute Gasteiger partial charge is 0.497 e. The quantitative estimate of drug-likeness (QED) is 0.434. The van der Waals surface area contributed by atoms with E-state index in [9.17, 15) is 4.79 Å². The summed E-state index contributed by atoms with van der Waals surface area (Å²) in [5, 5.41) is 1.44. The molecule has 0 saturated carbocycles. The maximum atomic E-state index is 13.5. The first kappa shape index (κ1) is 19.5. The summed E-state index contributed by atoms with van der Waals surface area (Å²) >= 11 is 3.23. The van der Waals surface area contributed by atoms with E-state index in [1.165, 1.54) is 4.88 Å². The summed E-state index contributed by atoms with van der Waals surface area (Å²) in [6.45, 7) is 4.96. The van der Waals surface area contributed by atoms with Gasteiger partial charge in [0.2, 0.25) is 0 Å². The van der Waals surface area contributed by atoms with Gasteiger partial charge in [0.1, 0.15) is 10.6 Å². The van der Waals surface area contributed by atoms with Crippen LogP contribution in [0.4, 0.5) is 0 Å². The molecule has 0 bridgehead atoms. The molecule has 1 saturated heterocycles. The van der Waals surface area contributed by atoms with Gasteiger partial charge in [-0.15, -0.1) is 11.3 Å². The van der Waals surface area contributed by atoms with E-state index in [0.29, 0.717) is 5.16 Å². The second-order valence-electron chi connectivity index (χ2n) is 6.87. The van der Waals surface area contributed by atoms with E-state index in [0.717, 1.165) is 58.8 Å². The molecule has 1 aliphatic rings. The zero-order valence-corrected chi connectivity index (χ0v) is 18.0. The molecule has 0 spiro atoms. The second kappa shape index (κ2) is 8.27. The van der Waals surface area contributed by atoms with E-state index >= 15 is 0 Å². The minimum absolute atomic E-state index is 0.0125. The Hall–Kier alpha value is -1.83. The summed E-state index contributed by atoms with van der Waals surface area (Å²) in [5.41, 5.74) is 1.81. The molecule has 1 aliphatic heterocycles. The highest BCUT2D eigenvalue weighted by molar-refractivity contribution is 7.99. The fraction of sp³-hybridized carbons (Fsp3) is 0.429. The smallest absolute Gasteiger partial charge is 0.267 e. The van der Waals surface area contributed by atoms with Gasteiger partial charge in [0.25, 0.3) is 5.56 Å². The Morgan fingerprint density at radius 3 is 3.00 bits per heavy atom. The number of thiophene rings is 1. The molecule has 148 valence electrons. The molecular weight excluding hydrogens is 392 g/mol. The predicted octanol–water partition coefficient (Wildman–Crippen LogP) is 4.60. The number of fused-ring (bicyclic) bond motifs is 1. The number of nitrogens with zero attached hydrogens (tertiary/aromatic N) is 2. The van der Waals surface area contributed by atoms with E-state index in [2.05, 4.69) is 6.92 Å². The molecule has 2 aromatic heterocycles. The van der Waals surface area contributed by atoms with Crippen LogP contribution in [0.1, 0.15) is 30.2 Å². The van der Waals surface area contributed by atoms with Crippen LogP contribution in [0.5, 0.6) is 5.75 Å². The average molecular weight is 417 g/mol.